The highest BCUT2D eigenvalue weighted by Gasteiger charge is 2.29. The van der Waals surface area contributed by atoms with Crippen molar-refractivity contribution in [1.29, 1.82) is 0 Å². The second-order valence-corrected chi connectivity index (χ2v) is 6.20. The summed E-state index contributed by atoms with van der Waals surface area (Å²) in [6, 6.07) is 11.4. The summed E-state index contributed by atoms with van der Waals surface area (Å²) >= 11 is 3.54. The number of halogens is 1. The molecule has 1 aromatic heterocycles. The number of rotatable bonds is 4. The summed E-state index contributed by atoms with van der Waals surface area (Å²) in [6.07, 6.45) is 4.44. The van der Waals surface area contributed by atoms with E-state index in [2.05, 4.69) is 56.7 Å². The third-order valence-electron chi connectivity index (χ3n) is 3.80. The van der Waals surface area contributed by atoms with Crippen LogP contribution in [0.15, 0.2) is 41.0 Å². The Balaban J connectivity index is 1.48. The van der Waals surface area contributed by atoms with Gasteiger partial charge in [-0.05, 0) is 42.5 Å². The van der Waals surface area contributed by atoms with Gasteiger partial charge in [-0.3, -0.25) is 4.68 Å². The van der Waals surface area contributed by atoms with Crippen LogP contribution in [0.1, 0.15) is 30.0 Å². The predicted molar refractivity (Wildman–Crippen MR) is 80.0 cm³/mol. The Labute approximate surface area is 122 Å². The molecule has 3 nitrogen and oxygen atoms in total. The number of hydrogen-bond acceptors (Lipinski definition) is 2. The van der Waals surface area contributed by atoms with Crippen molar-refractivity contribution < 1.29 is 0 Å². The number of nitrogens with one attached hydrogen (secondary N) is 1. The van der Waals surface area contributed by atoms with E-state index in [0.29, 0.717) is 12.0 Å². The van der Waals surface area contributed by atoms with Gasteiger partial charge in [0.2, 0.25) is 0 Å². The molecule has 19 heavy (non-hydrogen) atoms. The summed E-state index contributed by atoms with van der Waals surface area (Å²) in [5.74, 6) is 0.707. The van der Waals surface area contributed by atoms with Crippen LogP contribution in [0.4, 0.5) is 0 Å². The van der Waals surface area contributed by atoms with Crippen molar-refractivity contribution in [3.05, 3.63) is 52.3 Å². The van der Waals surface area contributed by atoms with Gasteiger partial charge in [-0.2, -0.15) is 5.10 Å². The fourth-order valence-corrected chi connectivity index (χ4v) is 3.04. The molecule has 2 aromatic rings. The zero-order valence-corrected chi connectivity index (χ0v) is 12.6. The molecule has 0 aliphatic heterocycles. The van der Waals surface area contributed by atoms with Crippen LogP contribution in [0.3, 0.4) is 0 Å². The average molecular weight is 320 g/mol. The minimum absolute atomic E-state index is 0.631. The molecule has 4 heteroatoms. The number of hydrogen-bond donors (Lipinski definition) is 1. The summed E-state index contributed by atoms with van der Waals surface area (Å²) in [4.78, 5) is 0. The quantitative estimate of drug-likeness (QED) is 0.937. The standard InChI is InChI=1S/C15H18BrN3/c1-19-6-5-14(18-19)10-17-15-8-12(9-15)11-3-2-4-13(16)7-11/h2-7,12,15,17H,8-10H2,1H3. The molecule has 0 saturated heterocycles. The molecular formula is C15H18BrN3. The van der Waals surface area contributed by atoms with Gasteiger partial charge in [0.15, 0.2) is 0 Å². The first kappa shape index (κ1) is 12.9. The maximum Gasteiger partial charge on any atom is 0.0762 e. The van der Waals surface area contributed by atoms with E-state index in [-0.39, 0.29) is 0 Å². The van der Waals surface area contributed by atoms with Gasteiger partial charge in [-0.1, -0.05) is 28.1 Å². The van der Waals surface area contributed by atoms with Crippen molar-refractivity contribution in [2.75, 3.05) is 0 Å². The van der Waals surface area contributed by atoms with Crippen LogP contribution in [0.5, 0.6) is 0 Å². The molecule has 0 bridgehead atoms. The van der Waals surface area contributed by atoms with Crippen molar-refractivity contribution in [1.82, 2.24) is 15.1 Å². The highest BCUT2D eigenvalue weighted by Crippen LogP contribution is 2.37. The molecular weight excluding hydrogens is 302 g/mol. The van der Waals surface area contributed by atoms with Crippen LogP contribution in [0.2, 0.25) is 0 Å². The maximum atomic E-state index is 4.38. The lowest BCUT2D eigenvalue weighted by Gasteiger charge is -2.36. The number of nitrogens with zero attached hydrogens (tertiary/aromatic N) is 2. The van der Waals surface area contributed by atoms with E-state index < -0.39 is 0 Å². The van der Waals surface area contributed by atoms with E-state index in [9.17, 15) is 0 Å². The van der Waals surface area contributed by atoms with Gasteiger partial charge in [-0.15, -0.1) is 0 Å². The first-order valence-electron chi connectivity index (χ1n) is 6.68. The Bertz CT molecular complexity index is 558. The van der Waals surface area contributed by atoms with Crippen LogP contribution in [-0.4, -0.2) is 15.8 Å². The Kier molecular flexibility index (Phi) is 3.71. The van der Waals surface area contributed by atoms with E-state index in [1.165, 1.54) is 22.9 Å². The molecule has 1 heterocycles. The topological polar surface area (TPSA) is 29.9 Å². The molecule has 0 atom stereocenters. The molecule has 100 valence electrons. The number of aromatic nitrogens is 2. The second kappa shape index (κ2) is 5.47. The molecule has 0 unspecified atom stereocenters. The fourth-order valence-electron chi connectivity index (χ4n) is 2.62. The van der Waals surface area contributed by atoms with Crippen LogP contribution in [0, 0.1) is 0 Å². The smallest absolute Gasteiger partial charge is 0.0762 e. The molecule has 1 N–H and O–H groups in total. The van der Waals surface area contributed by atoms with Crippen LogP contribution in [0.25, 0.3) is 0 Å². The van der Waals surface area contributed by atoms with Crippen molar-refractivity contribution in [2.45, 2.75) is 31.3 Å². The van der Waals surface area contributed by atoms with Crippen molar-refractivity contribution in [3.8, 4) is 0 Å². The van der Waals surface area contributed by atoms with Gasteiger partial charge in [0.25, 0.3) is 0 Å². The van der Waals surface area contributed by atoms with Crippen LogP contribution >= 0.6 is 15.9 Å². The fraction of sp³-hybridized carbons (Fsp3) is 0.400. The molecule has 3 rings (SSSR count). The monoisotopic (exact) mass is 319 g/mol. The maximum absolute atomic E-state index is 4.38. The predicted octanol–water partition coefficient (Wildman–Crippen LogP) is 3.22. The van der Waals surface area contributed by atoms with E-state index in [4.69, 9.17) is 0 Å². The van der Waals surface area contributed by atoms with Gasteiger partial charge in [-0.25, -0.2) is 0 Å². The van der Waals surface area contributed by atoms with Crippen molar-refractivity contribution in [2.24, 2.45) is 7.05 Å². The third-order valence-corrected chi connectivity index (χ3v) is 4.29. The largest absolute Gasteiger partial charge is 0.308 e. The van der Waals surface area contributed by atoms with Gasteiger partial charge < -0.3 is 5.32 Å². The highest BCUT2D eigenvalue weighted by atomic mass is 79.9. The third kappa shape index (κ3) is 3.07. The highest BCUT2D eigenvalue weighted by molar-refractivity contribution is 9.10. The lowest BCUT2D eigenvalue weighted by atomic mass is 9.76. The lowest BCUT2D eigenvalue weighted by molar-refractivity contribution is 0.288. The Hall–Kier alpha value is -1.13. The van der Waals surface area contributed by atoms with Crippen LogP contribution in [-0.2, 0) is 13.6 Å². The van der Waals surface area contributed by atoms with Crippen molar-refractivity contribution >= 4 is 15.9 Å². The van der Waals surface area contributed by atoms with E-state index in [1.807, 2.05) is 17.9 Å². The van der Waals surface area contributed by atoms with Crippen LogP contribution < -0.4 is 5.32 Å². The Morgan fingerprint density at radius 2 is 2.21 bits per heavy atom. The minimum atomic E-state index is 0.631. The molecule has 1 aliphatic carbocycles. The molecule has 0 radical (unpaired) electrons. The molecule has 1 fully saturated rings. The molecule has 0 amide bonds. The summed E-state index contributed by atoms with van der Waals surface area (Å²) in [5.41, 5.74) is 2.57. The minimum Gasteiger partial charge on any atom is -0.308 e. The van der Waals surface area contributed by atoms with Gasteiger partial charge in [0.1, 0.15) is 0 Å². The van der Waals surface area contributed by atoms with Crippen molar-refractivity contribution in [3.63, 3.8) is 0 Å². The van der Waals surface area contributed by atoms with E-state index in [1.54, 1.807) is 0 Å². The lowest BCUT2D eigenvalue weighted by Crippen LogP contribution is -2.39. The molecule has 1 saturated carbocycles. The second-order valence-electron chi connectivity index (χ2n) is 5.28. The summed E-state index contributed by atoms with van der Waals surface area (Å²) in [7, 11) is 1.95. The van der Waals surface area contributed by atoms with Gasteiger partial charge in [0.05, 0.1) is 5.69 Å². The normalized spacial score (nSPS) is 22.2. The zero-order valence-electron chi connectivity index (χ0n) is 11.0. The first-order chi connectivity index (χ1) is 9.20. The summed E-state index contributed by atoms with van der Waals surface area (Å²) in [6.45, 7) is 0.872. The first-order valence-corrected chi connectivity index (χ1v) is 7.47. The van der Waals surface area contributed by atoms with Gasteiger partial charge in [0, 0.05) is 30.3 Å². The number of benzene rings is 1. The average Bonchev–Trinajstić information content (AvgIpc) is 2.73. The Morgan fingerprint density at radius 3 is 2.89 bits per heavy atom. The number of aryl methyl sites for hydroxylation is 1. The summed E-state index contributed by atoms with van der Waals surface area (Å²) in [5, 5.41) is 7.95. The molecule has 0 spiro atoms. The Morgan fingerprint density at radius 1 is 1.37 bits per heavy atom. The van der Waals surface area contributed by atoms with E-state index >= 15 is 0 Å². The molecule has 1 aliphatic rings. The van der Waals surface area contributed by atoms with E-state index in [0.717, 1.165) is 12.2 Å². The SMILES string of the molecule is Cn1ccc(CNC2CC(c3cccc(Br)c3)C2)n1. The van der Waals surface area contributed by atoms with Gasteiger partial charge >= 0.3 is 0 Å². The molecule has 1 aromatic carbocycles. The zero-order chi connectivity index (χ0) is 13.2. The summed E-state index contributed by atoms with van der Waals surface area (Å²) < 4.78 is 3.03.